The molecule has 9 nitrogen and oxygen atoms in total. The SMILES string of the molecule is CC[C@@H](C)NC(=O)[C@H](C)N(Cc1ccc(F)cc1)C(=O)COc1ccc([N+](=O)[O-])c(OC)c1. The van der Waals surface area contributed by atoms with Crippen LogP contribution in [-0.2, 0) is 16.1 Å². The molecule has 178 valence electrons. The Bertz CT molecular complexity index is 983. The standard InChI is InChI=1S/C23H28FN3O6/c1-5-15(2)25-23(29)16(3)26(13-17-6-8-18(24)9-7-17)22(28)14-33-19-10-11-20(27(30)31)21(12-19)32-4/h6-12,15-16H,5,13-14H2,1-4H3,(H,25,29)/t15-,16+/m1/s1. The number of hydrogen-bond acceptors (Lipinski definition) is 6. The van der Waals surface area contributed by atoms with Crippen LogP contribution in [0.25, 0.3) is 0 Å². The Balaban J connectivity index is 2.19. The van der Waals surface area contributed by atoms with Crippen molar-refractivity contribution in [1.82, 2.24) is 10.2 Å². The average Bonchev–Trinajstić information content (AvgIpc) is 2.81. The third-order valence-electron chi connectivity index (χ3n) is 5.14. The molecule has 2 aromatic carbocycles. The summed E-state index contributed by atoms with van der Waals surface area (Å²) in [5.41, 5.74) is 0.411. The number of benzene rings is 2. The van der Waals surface area contributed by atoms with Crippen molar-refractivity contribution in [3.63, 3.8) is 0 Å². The van der Waals surface area contributed by atoms with Gasteiger partial charge in [0.15, 0.2) is 6.61 Å². The maximum Gasteiger partial charge on any atom is 0.311 e. The fraction of sp³-hybridized carbons (Fsp3) is 0.391. The van der Waals surface area contributed by atoms with E-state index in [0.29, 0.717) is 5.56 Å². The van der Waals surface area contributed by atoms with E-state index in [1.807, 2.05) is 13.8 Å². The molecule has 0 spiro atoms. The molecule has 0 aromatic heterocycles. The van der Waals surface area contributed by atoms with Gasteiger partial charge in [0, 0.05) is 24.7 Å². The lowest BCUT2D eigenvalue weighted by Gasteiger charge is -2.29. The second kappa shape index (κ2) is 11.8. The van der Waals surface area contributed by atoms with Gasteiger partial charge in [-0.2, -0.15) is 0 Å². The number of ether oxygens (including phenoxy) is 2. The summed E-state index contributed by atoms with van der Waals surface area (Å²) in [6.07, 6.45) is 0.732. The average molecular weight is 461 g/mol. The number of methoxy groups -OCH3 is 1. The fourth-order valence-electron chi connectivity index (χ4n) is 2.96. The lowest BCUT2D eigenvalue weighted by atomic mass is 10.1. The third-order valence-corrected chi connectivity index (χ3v) is 5.14. The molecule has 2 amide bonds. The number of rotatable bonds is 11. The van der Waals surface area contributed by atoms with Crippen molar-refractivity contribution < 1.29 is 28.4 Å². The van der Waals surface area contributed by atoms with Crippen molar-refractivity contribution in [3.05, 3.63) is 64.0 Å². The summed E-state index contributed by atoms with van der Waals surface area (Å²) in [5, 5.41) is 13.9. The molecule has 0 aliphatic heterocycles. The smallest absolute Gasteiger partial charge is 0.311 e. The van der Waals surface area contributed by atoms with Gasteiger partial charge < -0.3 is 19.7 Å². The molecule has 0 fully saturated rings. The zero-order valence-electron chi connectivity index (χ0n) is 19.0. The van der Waals surface area contributed by atoms with Crippen LogP contribution < -0.4 is 14.8 Å². The van der Waals surface area contributed by atoms with Gasteiger partial charge in [0.2, 0.25) is 11.7 Å². The normalized spacial score (nSPS) is 12.4. The molecule has 2 atom stereocenters. The van der Waals surface area contributed by atoms with Crippen LogP contribution in [-0.4, -0.2) is 47.4 Å². The lowest BCUT2D eigenvalue weighted by molar-refractivity contribution is -0.385. The summed E-state index contributed by atoms with van der Waals surface area (Å²) in [7, 11) is 1.29. The summed E-state index contributed by atoms with van der Waals surface area (Å²) in [5.74, 6) is -1.02. The topological polar surface area (TPSA) is 111 Å². The largest absolute Gasteiger partial charge is 0.490 e. The van der Waals surface area contributed by atoms with Crippen molar-refractivity contribution in [2.24, 2.45) is 0 Å². The van der Waals surface area contributed by atoms with E-state index in [9.17, 15) is 24.1 Å². The minimum absolute atomic E-state index is 0.00517. The Morgan fingerprint density at radius 3 is 2.42 bits per heavy atom. The molecule has 0 heterocycles. The van der Waals surface area contributed by atoms with Crippen LogP contribution in [0, 0.1) is 15.9 Å². The molecular weight excluding hydrogens is 433 g/mol. The first-order valence-electron chi connectivity index (χ1n) is 10.5. The molecule has 33 heavy (non-hydrogen) atoms. The Morgan fingerprint density at radius 1 is 1.18 bits per heavy atom. The van der Waals surface area contributed by atoms with Crippen molar-refractivity contribution in [3.8, 4) is 11.5 Å². The fourth-order valence-corrected chi connectivity index (χ4v) is 2.96. The van der Waals surface area contributed by atoms with Crippen LogP contribution in [0.4, 0.5) is 10.1 Å². The molecule has 10 heteroatoms. The van der Waals surface area contributed by atoms with E-state index < -0.39 is 29.3 Å². The maximum absolute atomic E-state index is 13.3. The van der Waals surface area contributed by atoms with Gasteiger partial charge in [-0.3, -0.25) is 19.7 Å². The van der Waals surface area contributed by atoms with Gasteiger partial charge in [-0.05, 0) is 44.0 Å². The monoisotopic (exact) mass is 461 g/mol. The minimum atomic E-state index is -0.813. The zero-order valence-corrected chi connectivity index (χ0v) is 19.0. The van der Waals surface area contributed by atoms with Crippen LogP contribution in [0.15, 0.2) is 42.5 Å². The summed E-state index contributed by atoms with van der Waals surface area (Å²) < 4.78 is 23.8. The van der Waals surface area contributed by atoms with Gasteiger partial charge in [0.25, 0.3) is 5.91 Å². The van der Waals surface area contributed by atoms with Gasteiger partial charge >= 0.3 is 5.69 Å². The first-order chi connectivity index (χ1) is 15.7. The lowest BCUT2D eigenvalue weighted by Crippen LogP contribution is -2.50. The molecule has 0 bridgehead atoms. The van der Waals surface area contributed by atoms with Crippen molar-refractivity contribution in [2.45, 2.75) is 45.8 Å². The predicted octanol–water partition coefficient (Wildman–Crippen LogP) is 3.45. The van der Waals surface area contributed by atoms with E-state index in [2.05, 4.69) is 5.32 Å². The van der Waals surface area contributed by atoms with Gasteiger partial charge in [0.05, 0.1) is 12.0 Å². The first kappa shape index (κ1) is 25.6. The highest BCUT2D eigenvalue weighted by Crippen LogP contribution is 2.30. The number of hydrogen-bond donors (Lipinski definition) is 1. The van der Waals surface area contributed by atoms with Crippen LogP contribution in [0.3, 0.4) is 0 Å². The van der Waals surface area contributed by atoms with E-state index in [4.69, 9.17) is 9.47 Å². The minimum Gasteiger partial charge on any atom is -0.490 e. The predicted molar refractivity (Wildman–Crippen MR) is 119 cm³/mol. The summed E-state index contributed by atoms with van der Waals surface area (Å²) >= 11 is 0. The summed E-state index contributed by atoms with van der Waals surface area (Å²) in [6.45, 7) is 5.06. The van der Waals surface area contributed by atoms with E-state index in [-0.39, 0.29) is 35.7 Å². The number of nitrogens with zero attached hydrogens (tertiary/aromatic N) is 2. The molecule has 0 unspecified atom stereocenters. The van der Waals surface area contributed by atoms with Crippen LogP contribution in [0.2, 0.25) is 0 Å². The number of nitro groups is 1. The number of nitrogens with one attached hydrogen (secondary N) is 1. The highest BCUT2D eigenvalue weighted by atomic mass is 19.1. The van der Waals surface area contributed by atoms with Crippen molar-refractivity contribution in [1.29, 1.82) is 0 Å². The van der Waals surface area contributed by atoms with E-state index >= 15 is 0 Å². The number of carbonyl (C=O) groups is 2. The number of halogens is 1. The first-order valence-corrected chi connectivity index (χ1v) is 10.5. The zero-order chi connectivity index (χ0) is 24.5. The molecule has 1 N–H and O–H groups in total. The van der Waals surface area contributed by atoms with E-state index in [1.54, 1.807) is 6.92 Å². The Labute approximate surface area is 191 Å². The van der Waals surface area contributed by atoms with Crippen LogP contribution in [0.5, 0.6) is 11.5 Å². The molecule has 2 rings (SSSR count). The van der Waals surface area contributed by atoms with Gasteiger partial charge in [-0.1, -0.05) is 19.1 Å². The second-order valence-electron chi connectivity index (χ2n) is 7.52. The summed E-state index contributed by atoms with van der Waals surface area (Å²) in [6, 6.07) is 8.65. The highest BCUT2D eigenvalue weighted by molar-refractivity contribution is 5.88. The van der Waals surface area contributed by atoms with Gasteiger partial charge in [-0.25, -0.2) is 4.39 Å². The third kappa shape index (κ3) is 7.16. The highest BCUT2D eigenvalue weighted by Gasteiger charge is 2.27. The number of amides is 2. The molecular formula is C23H28FN3O6. The van der Waals surface area contributed by atoms with E-state index in [1.165, 1.54) is 54.5 Å². The molecule has 0 aliphatic rings. The Morgan fingerprint density at radius 2 is 1.85 bits per heavy atom. The second-order valence-corrected chi connectivity index (χ2v) is 7.52. The Hall–Kier alpha value is -3.69. The Kier molecular flexibility index (Phi) is 9.14. The van der Waals surface area contributed by atoms with E-state index in [0.717, 1.165) is 6.42 Å². The summed E-state index contributed by atoms with van der Waals surface area (Å²) in [4.78, 5) is 37.5. The number of carbonyl (C=O) groups excluding carboxylic acids is 2. The molecule has 0 aliphatic carbocycles. The van der Waals surface area contributed by atoms with Gasteiger partial charge in [0.1, 0.15) is 17.6 Å². The van der Waals surface area contributed by atoms with Crippen molar-refractivity contribution >= 4 is 17.5 Å². The van der Waals surface area contributed by atoms with Crippen molar-refractivity contribution in [2.75, 3.05) is 13.7 Å². The quantitative estimate of drug-likeness (QED) is 0.405. The van der Waals surface area contributed by atoms with Gasteiger partial charge in [-0.15, -0.1) is 0 Å². The molecule has 0 radical (unpaired) electrons. The number of nitro benzene ring substituents is 1. The van der Waals surface area contributed by atoms with Crippen LogP contribution in [0.1, 0.15) is 32.8 Å². The van der Waals surface area contributed by atoms with Crippen LogP contribution >= 0.6 is 0 Å². The molecule has 0 saturated carbocycles. The molecule has 2 aromatic rings. The molecule has 0 saturated heterocycles. The maximum atomic E-state index is 13.3.